The van der Waals surface area contributed by atoms with E-state index in [1.807, 2.05) is 12.3 Å². The fraction of sp³-hybridized carbons (Fsp3) is 0.615. The summed E-state index contributed by atoms with van der Waals surface area (Å²) in [7, 11) is 0.793. The average Bonchev–Trinajstić information content (AvgIpc) is 2.43. The Hall–Kier alpha value is -0.700. The van der Waals surface area contributed by atoms with Gasteiger partial charge in [0.1, 0.15) is 11.9 Å². The Labute approximate surface area is 110 Å². The molecule has 18 heavy (non-hydrogen) atoms. The fourth-order valence-electron chi connectivity index (χ4n) is 2.20. The number of aliphatic hydroxyl groups excluding tert-OH is 1. The van der Waals surface area contributed by atoms with Crippen LogP contribution in [0.25, 0.3) is 0 Å². The molecule has 1 aliphatic rings. The predicted octanol–water partition coefficient (Wildman–Crippen LogP) is 1.51. The molecule has 2 atom stereocenters. The third-order valence-corrected chi connectivity index (χ3v) is 3.78. The Morgan fingerprint density at radius 1 is 1.61 bits per heavy atom. The first kappa shape index (κ1) is 13.7. The Kier molecular flexibility index (Phi) is 5.36. The second-order valence-electron chi connectivity index (χ2n) is 4.49. The van der Waals surface area contributed by atoms with Crippen LogP contribution in [0.3, 0.4) is 0 Å². The van der Waals surface area contributed by atoms with Gasteiger partial charge in [0.25, 0.3) is 0 Å². The second-order valence-corrected chi connectivity index (χ2v) is 5.34. The number of nitrogens with zero attached hydrogens (tertiary/aromatic N) is 1. The minimum absolute atomic E-state index is 0.0595. The van der Waals surface area contributed by atoms with E-state index in [9.17, 15) is 5.11 Å². The van der Waals surface area contributed by atoms with Gasteiger partial charge in [-0.05, 0) is 50.5 Å². The van der Waals surface area contributed by atoms with Crippen molar-refractivity contribution in [1.82, 2.24) is 10.1 Å². The molecule has 4 nitrogen and oxygen atoms in total. The van der Waals surface area contributed by atoms with Gasteiger partial charge in [0.2, 0.25) is 0 Å². The first-order valence-electron chi connectivity index (χ1n) is 6.49. The molecule has 0 aromatic carbocycles. The minimum Gasteiger partial charge on any atom is -0.486 e. The molecule has 0 radical (unpaired) electrons. The van der Waals surface area contributed by atoms with E-state index in [4.69, 9.17) is 4.74 Å². The van der Waals surface area contributed by atoms with Gasteiger partial charge in [-0.25, -0.2) is 0 Å². The number of nitrogens with one attached hydrogen (secondary N) is 1. The lowest BCUT2D eigenvalue weighted by Crippen LogP contribution is -2.27. The Morgan fingerprint density at radius 2 is 2.50 bits per heavy atom. The van der Waals surface area contributed by atoms with Crippen LogP contribution in [0.1, 0.15) is 24.1 Å². The molecule has 1 aromatic heterocycles. The van der Waals surface area contributed by atoms with E-state index in [1.54, 1.807) is 0 Å². The summed E-state index contributed by atoms with van der Waals surface area (Å²) >= 11 is 0. The van der Waals surface area contributed by atoms with Crippen molar-refractivity contribution in [2.75, 3.05) is 19.8 Å². The zero-order valence-corrected chi connectivity index (χ0v) is 11.8. The Morgan fingerprint density at radius 3 is 3.28 bits per heavy atom. The molecule has 0 aliphatic carbocycles. The zero-order valence-electron chi connectivity index (χ0n) is 10.8. The van der Waals surface area contributed by atoms with Crippen molar-refractivity contribution >= 4 is 8.73 Å². The van der Waals surface area contributed by atoms with E-state index in [0.29, 0.717) is 0 Å². The van der Waals surface area contributed by atoms with Crippen LogP contribution in [0.15, 0.2) is 12.3 Å². The first-order valence-corrected chi connectivity index (χ1v) is 7.99. The number of pyridine rings is 1. The van der Waals surface area contributed by atoms with Gasteiger partial charge in [-0.2, -0.15) is 0 Å². The summed E-state index contributed by atoms with van der Waals surface area (Å²) < 4.78 is 5.84. The molecule has 2 rings (SSSR count). The standard InChI is InChI=1S/C13H21N2O2P/c1-18-15-7-2-3-12-13-10(6-8-14-12)4-5-11(9-16)17-13/h6,8,11,15-16,18H,2-5,7,9H2,1H3. The summed E-state index contributed by atoms with van der Waals surface area (Å²) in [4.78, 5) is 4.43. The lowest BCUT2D eigenvalue weighted by molar-refractivity contribution is 0.0962. The third-order valence-electron chi connectivity index (χ3n) is 3.18. The second kappa shape index (κ2) is 7.03. The molecule has 2 unspecified atom stereocenters. The molecular formula is C13H21N2O2P. The van der Waals surface area contributed by atoms with Crippen LogP contribution < -0.4 is 9.82 Å². The normalized spacial score (nSPS) is 18.9. The van der Waals surface area contributed by atoms with Gasteiger partial charge in [0, 0.05) is 6.20 Å². The molecule has 2 heterocycles. The van der Waals surface area contributed by atoms with Crippen molar-refractivity contribution in [2.24, 2.45) is 0 Å². The van der Waals surface area contributed by atoms with Crippen molar-refractivity contribution in [2.45, 2.75) is 31.8 Å². The van der Waals surface area contributed by atoms with E-state index in [1.165, 1.54) is 5.56 Å². The Balaban J connectivity index is 2.02. The van der Waals surface area contributed by atoms with E-state index in [-0.39, 0.29) is 12.7 Å². The maximum Gasteiger partial charge on any atom is 0.144 e. The number of hydrogen-bond acceptors (Lipinski definition) is 4. The molecule has 0 amide bonds. The molecule has 0 spiro atoms. The van der Waals surface area contributed by atoms with E-state index in [2.05, 4.69) is 16.7 Å². The fourth-order valence-corrected chi connectivity index (χ4v) is 2.62. The van der Waals surface area contributed by atoms with Gasteiger partial charge in [-0.1, -0.05) is 8.73 Å². The van der Waals surface area contributed by atoms with Crippen molar-refractivity contribution in [3.8, 4) is 5.75 Å². The number of aliphatic hydroxyl groups is 1. The summed E-state index contributed by atoms with van der Waals surface area (Å²) in [6.07, 6.45) is 5.67. The number of aromatic nitrogens is 1. The number of hydrogen-bond donors (Lipinski definition) is 2. The highest BCUT2D eigenvalue weighted by Gasteiger charge is 2.21. The molecule has 0 saturated carbocycles. The minimum atomic E-state index is -0.0595. The van der Waals surface area contributed by atoms with Crippen LogP contribution in [-0.4, -0.2) is 36.0 Å². The van der Waals surface area contributed by atoms with Crippen molar-refractivity contribution in [3.63, 3.8) is 0 Å². The molecule has 1 aromatic rings. The monoisotopic (exact) mass is 268 g/mol. The molecule has 0 fully saturated rings. The number of rotatable bonds is 6. The predicted molar refractivity (Wildman–Crippen MR) is 74.6 cm³/mol. The molecule has 2 N–H and O–H groups in total. The van der Waals surface area contributed by atoms with Gasteiger partial charge in [-0.15, -0.1) is 0 Å². The highest BCUT2D eigenvalue weighted by atomic mass is 31.1. The molecule has 0 bridgehead atoms. The Bertz CT molecular complexity index is 387. The summed E-state index contributed by atoms with van der Waals surface area (Å²) in [5, 5.41) is 12.5. The highest BCUT2D eigenvalue weighted by molar-refractivity contribution is 7.34. The van der Waals surface area contributed by atoms with E-state index >= 15 is 0 Å². The lowest BCUT2D eigenvalue weighted by Gasteiger charge is -2.26. The van der Waals surface area contributed by atoms with Crippen LogP contribution in [0.2, 0.25) is 0 Å². The quantitative estimate of drug-likeness (QED) is 0.606. The van der Waals surface area contributed by atoms with Gasteiger partial charge >= 0.3 is 0 Å². The molecule has 5 heteroatoms. The first-order chi connectivity index (χ1) is 8.85. The average molecular weight is 268 g/mol. The molecular weight excluding hydrogens is 247 g/mol. The zero-order chi connectivity index (χ0) is 12.8. The number of ether oxygens (including phenoxy) is 1. The van der Waals surface area contributed by atoms with Crippen LogP contribution >= 0.6 is 8.73 Å². The van der Waals surface area contributed by atoms with Crippen molar-refractivity contribution in [3.05, 3.63) is 23.5 Å². The van der Waals surface area contributed by atoms with Gasteiger partial charge in [-0.3, -0.25) is 10.1 Å². The summed E-state index contributed by atoms with van der Waals surface area (Å²) in [5.41, 5.74) is 2.27. The smallest absolute Gasteiger partial charge is 0.144 e. The van der Waals surface area contributed by atoms with Gasteiger partial charge < -0.3 is 9.84 Å². The number of aryl methyl sites for hydroxylation is 2. The van der Waals surface area contributed by atoms with Gasteiger partial charge in [0.05, 0.1) is 12.3 Å². The summed E-state index contributed by atoms with van der Waals surface area (Å²) in [6, 6.07) is 2.03. The summed E-state index contributed by atoms with van der Waals surface area (Å²) in [6.45, 7) is 3.24. The molecule has 100 valence electrons. The lowest BCUT2D eigenvalue weighted by atomic mass is 10.0. The SMILES string of the molecule is CPNCCCc1nccc2c1OC(CO)CC2. The summed E-state index contributed by atoms with van der Waals surface area (Å²) in [5.74, 6) is 0.918. The van der Waals surface area contributed by atoms with Crippen molar-refractivity contribution < 1.29 is 9.84 Å². The highest BCUT2D eigenvalue weighted by Crippen LogP contribution is 2.30. The molecule has 1 aliphatic heterocycles. The van der Waals surface area contributed by atoms with Crippen LogP contribution in [-0.2, 0) is 12.8 Å². The van der Waals surface area contributed by atoms with Crippen molar-refractivity contribution in [1.29, 1.82) is 0 Å². The maximum absolute atomic E-state index is 9.20. The topological polar surface area (TPSA) is 54.4 Å². The van der Waals surface area contributed by atoms with E-state index in [0.717, 1.165) is 52.4 Å². The van der Waals surface area contributed by atoms with Gasteiger partial charge in [0.15, 0.2) is 0 Å². The molecule has 0 saturated heterocycles. The third kappa shape index (κ3) is 3.41. The van der Waals surface area contributed by atoms with Crippen LogP contribution in [0.5, 0.6) is 5.75 Å². The number of fused-ring (bicyclic) bond motifs is 1. The maximum atomic E-state index is 9.20. The van der Waals surface area contributed by atoms with Crippen LogP contribution in [0.4, 0.5) is 0 Å². The van der Waals surface area contributed by atoms with E-state index < -0.39 is 0 Å². The largest absolute Gasteiger partial charge is 0.486 e. The van der Waals surface area contributed by atoms with Crippen LogP contribution in [0, 0.1) is 0 Å².